The van der Waals surface area contributed by atoms with Gasteiger partial charge in [0.2, 0.25) is 0 Å². The second-order valence-corrected chi connectivity index (χ2v) is 9.27. The number of nitrogens with one attached hydrogen (secondary N) is 1. The average molecular weight is 475 g/mol. The molecular weight excluding hydrogens is 444 g/mol. The van der Waals surface area contributed by atoms with Crippen LogP contribution >= 0.6 is 0 Å². The van der Waals surface area contributed by atoms with Gasteiger partial charge in [-0.1, -0.05) is 57.5 Å². The first-order valence-electron chi connectivity index (χ1n) is 12.0. The maximum Gasteiger partial charge on any atom is 0.330 e. The summed E-state index contributed by atoms with van der Waals surface area (Å²) in [7, 11) is 0. The highest BCUT2D eigenvalue weighted by Crippen LogP contribution is 2.37. The summed E-state index contributed by atoms with van der Waals surface area (Å²) in [6, 6.07) is 12.4. The molecule has 3 aromatic rings. The molecule has 8 heteroatoms. The number of amides is 1. The third-order valence-corrected chi connectivity index (χ3v) is 6.37. The lowest BCUT2D eigenvalue weighted by molar-refractivity contribution is 0.0985. The van der Waals surface area contributed by atoms with Crippen LogP contribution in [0.25, 0.3) is 11.1 Å². The Morgan fingerprint density at radius 1 is 1.03 bits per heavy atom. The molecule has 0 atom stereocenters. The molecule has 3 N–H and O–H groups in total. The molecule has 182 valence electrons. The highest BCUT2D eigenvalue weighted by Gasteiger charge is 2.30. The number of ketones is 1. The third kappa shape index (κ3) is 4.43. The number of nitrogen functional groups attached to an aromatic ring is 1. The normalized spacial score (nSPS) is 12.1. The van der Waals surface area contributed by atoms with Crippen molar-refractivity contribution in [2.75, 3.05) is 17.2 Å². The molecule has 0 saturated carbocycles. The number of carbonyl (C=O) groups excluding carboxylic acids is 2. The van der Waals surface area contributed by atoms with Crippen LogP contribution in [0.2, 0.25) is 0 Å². The molecule has 0 aliphatic heterocycles. The molecule has 1 aliphatic carbocycles. The van der Waals surface area contributed by atoms with E-state index >= 15 is 0 Å². The molecule has 4 rings (SSSR count). The van der Waals surface area contributed by atoms with Crippen molar-refractivity contribution in [1.29, 1.82) is 0 Å². The van der Waals surface area contributed by atoms with E-state index in [4.69, 9.17) is 5.73 Å². The number of aromatic amines is 1. The van der Waals surface area contributed by atoms with Crippen LogP contribution in [0.5, 0.6) is 0 Å². The number of unbranched alkanes of at least 4 members (excludes halogenated alkanes) is 1. The quantitative estimate of drug-likeness (QED) is 0.402. The summed E-state index contributed by atoms with van der Waals surface area (Å²) in [6.07, 6.45) is 2.15. The Bertz CT molecular complexity index is 1420. The molecule has 0 spiro atoms. The van der Waals surface area contributed by atoms with Gasteiger partial charge in [-0.2, -0.15) is 0 Å². The Kier molecular flexibility index (Phi) is 6.73. The maximum atomic E-state index is 13.8. The fourth-order valence-corrected chi connectivity index (χ4v) is 4.40. The Hall–Kier alpha value is -3.94. The van der Waals surface area contributed by atoms with Gasteiger partial charge in [-0.05, 0) is 42.0 Å². The predicted octanol–water partition coefficient (Wildman–Crippen LogP) is 3.82. The number of aromatic nitrogens is 2. The molecule has 0 unspecified atom stereocenters. The number of hydrogen-bond acceptors (Lipinski definition) is 5. The van der Waals surface area contributed by atoms with Crippen LogP contribution < -0.4 is 21.9 Å². The smallest absolute Gasteiger partial charge is 0.330 e. The Morgan fingerprint density at radius 2 is 1.71 bits per heavy atom. The van der Waals surface area contributed by atoms with Crippen LogP contribution in [0.3, 0.4) is 0 Å². The number of nitrogens with zero attached hydrogens (tertiary/aromatic N) is 2. The van der Waals surface area contributed by atoms with Gasteiger partial charge in [0, 0.05) is 29.8 Å². The van der Waals surface area contributed by atoms with Crippen molar-refractivity contribution in [2.45, 2.75) is 46.6 Å². The van der Waals surface area contributed by atoms with Gasteiger partial charge in [0.1, 0.15) is 5.82 Å². The van der Waals surface area contributed by atoms with Crippen molar-refractivity contribution < 1.29 is 9.59 Å². The topological polar surface area (TPSA) is 118 Å². The summed E-state index contributed by atoms with van der Waals surface area (Å²) in [5.74, 6) is -0.360. The fourth-order valence-electron chi connectivity index (χ4n) is 4.40. The molecule has 8 nitrogen and oxygen atoms in total. The van der Waals surface area contributed by atoms with Crippen LogP contribution in [-0.4, -0.2) is 27.8 Å². The molecule has 35 heavy (non-hydrogen) atoms. The van der Waals surface area contributed by atoms with Crippen LogP contribution in [0, 0.1) is 5.92 Å². The zero-order valence-corrected chi connectivity index (χ0v) is 20.3. The van der Waals surface area contributed by atoms with E-state index in [1.54, 1.807) is 24.3 Å². The lowest BCUT2D eigenvalue weighted by Gasteiger charge is -2.25. The molecule has 0 bridgehead atoms. The first-order chi connectivity index (χ1) is 16.7. The van der Waals surface area contributed by atoms with E-state index in [1.807, 2.05) is 39.0 Å². The molecular formula is C27H30N4O4. The van der Waals surface area contributed by atoms with Crippen molar-refractivity contribution in [3.8, 4) is 11.1 Å². The summed E-state index contributed by atoms with van der Waals surface area (Å²) in [4.78, 5) is 55.7. The average Bonchev–Trinajstić information content (AvgIpc) is 3.12. The van der Waals surface area contributed by atoms with Crippen molar-refractivity contribution in [3.05, 3.63) is 80.0 Å². The van der Waals surface area contributed by atoms with Gasteiger partial charge >= 0.3 is 5.69 Å². The minimum absolute atomic E-state index is 0.0334. The number of H-pyrrole nitrogens is 1. The first-order valence-corrected chi connectivity index (χ1v) is 12.0. The summed E-state index contributed by atoms with van der Waals surface area (Å²) in [6.45, 7) is 6.59. The van der Waals surface area contributed by atoms with Crippen LogP contribution in [0.1, 0.15) is 66.3 Å². The second kappa shape index (κ2) is 9.74. The summed E-state index contributed by atoms with van der Waals surface area (Å²) < 4.78 is 1.30. The largest absolute Gasteiger partial charge is 0.383 e. The predicted molar refractivity (Wildman–Crippen MR) is 137 cm³/mol. The van der Waals surface area contributed by atoms with Crippen molar-refractivity contribution in [2.24, 2.45) is 5.92 Å². The third-order valence-electron chi connectivity index (χ3n) is 6.37. The highest BCUT2D eigenvalue weighted by molar-refractivity contribution is 6.22. The van der Waals surface area contributed by atoms with Gasteiger partial charge in [-0.15, -0.1) is 0 Å². The van der Waals surface area contributed by atoms with Gasteiger partial charge in [0.05, 0.1) is 0 Å². The molecule has 0 radical (unpaired) electrons. The summed E-state index contributed by atoms with van der Waals surface area (Å²) in [5.41, 5.74) is 7.93. The van der Waals surface area contributed by atoms with Gasteiger partial charge in [0.15, 0.2) is 11.5 Å². The summed E-state index contributed by atoms with van der Waals surface area (Å²) >= 11 is 0. The number of anilines is 2. The van der Waals surface area contributed by atoms with E-state index in [-0.39, 0.29) is 35.3 Å². The van der Waals surface area contributed by atoms with Gasteiger partial charge in [-0.25, -0.2) is 4.79 Å². The minimum atomic E-state index is -0.706. The Labute approximate surface area is 203 Å². The number of benzene rings is 2. The number of hydrogen-bond donors (Lipinski definition) is 2. The highest BCUT2D eigenvalue weighted by atomic mass is 16.2. The van der Waals surface area contributed by atoms with Crippen LogP contribution in [0.4, 0.5) is 11.5 Å². The molecule has 2 aromatic carbocycles. The zero-order chi connectivity index (χ0) is 25.3. The van der Waals surface area contributed by atoms with Crippen LogP contribution in [0.15, 0.2) is 52.1 Å². The van der Waals surface area contributed by atoms with Crippen molar-refractivity contribution in [3.63, 3.8) is 0 Å². The van der Waals surface area contributed by atoms with Crippen molar-refractivity contribution >= 4 is 23.2 Å². The summed E-state index contributed by atoms with van der Waals surface area (Å²) in [5, 5.41) is 0. The lowest BCUT2D eigenvalue weighted by atomic mass is 10.0. The number of nitrogens with two attached hydrogens (primary N) is 1. The van der Waals surface area contributed by atoms with E-state index in [0.29, 0.717) is 30.5 Å². The molecule has 1 aliphatic rings. The van der Waals surface area contributed by atoms with Gasteiger partial charge in [-0.3, -0.25) is 23.9 Å². The van der Waals surface area contributed by atoms with Crippen molar-refractivity contribution in [1.82, 2.24) is 9.55 Å². The lowest BCUT2D eigenvalue weighted by Crippen LogP contribution is -2.42. The van der Waals surface area contributed by atoms with E-state index in [2.05, 4.69) is 4.98 Å². The van der Waals surface area contributed by atoms with E-state index in [9.17, 15) is 19.2 Å². The number of fused-ring (bicyclic) bond motifs is 3. The monoisotopic (exact) mass is 474 g/mol. The standard InChI is InChI=1S/C27H30N4O4/c1-4-5-13-31-24(28)22(25(33)29-27(31)35)30(14-12-16(2)3)26(34)17-10-11-19-18-8-6-7-9-20(18)23(32)21(19)15-17/h6-11,15-16H,4-5,12-14,28H2,1-3H3,(H,29,33,35). The molecule has 1 heterocycles. The van der Waals surface area contributed by atoms with E-state index in [1.165, 1.54) is 9.47 Å². The van der Waals surface area contributed by atoms with E-state index in [0.717, 1.165) is 17.5 Å². The maximum absolute atomic E-state index is 13.8. The molecule has 1 amide bonds. The molecule has 1 aromatic heterocycles. The van der Waals surface area contributed by atoms with Crippen LogP contribution in [-0.2, 0) is 6.54 Å². The minimum Gasteiger partial charge on any atom is -0.383 e. The van der Waals surface area contributed by atoms with Gasteiger partial charge < -0.3 is 10.6 Å². The Morgan fingerprint density at radius 3 is 2.40 bits per heavy atom. The Balaban J connectivity index is 1.79. The second-order valence-electron chi connectivity index (χ2n) is 9.27. The molecule has 0 fully saturated rings. The number of carbonyl (C=O) groups is 2. The zero-order valence-electron chi connectivity index (χ0n) is 20.3. The number of rotatable bonds is 8. The SMILES string of the molecule is CCCCn1c(N)c(N(CCC(C)C)C(=O)c2ccc3c(c2)C(=O)c2ccccc2-3)c(=O)[nH]c1=O. The van der Waals surface area contributed by atoms with E-state index < -0.39 is 17.2 Å². The first kappa shape index (κ1) is 24.2. The fraction of sp³-hybridized carbons (Fsp3) is 0.333. The molecule has 0 saturated heterocycles. The van der Waals surface area contributed by atoms with Gasteiger partial charge in [0.25, 0.3) is 11.5 Å².